The van der Waals surface area contributed by atoms with Crippen molar-refractivity contribution in [1.82, 2.24) is 14.1 Å². The number of benzene rings is 8. The molecule has 304 valence electrons. The minimum atomic E-state index is -4.51. The van der Waals surface area contributed by atoms with Gasteiger partial charge in [-0.15, -0.1) is 29.7 Å². The van der Waals surface area contributed by atoms with Gasteiger partial charge < -0.3 is 13.9 Å². The van der Waals surface area contributed by atoms with Gasteiger partial charge in [0.25, 0.3) is 6.33 Å². The van der Waals surface area contributed by atoms with Gasteiger partial charge in [0.1, 0.15) is 13.9 Å². The SMILES string of the molecule is [2H]c1c([2H])c([2H])c(-c2cccc(-c3c([2H])c([2H])c([2H])c([2H])c3[2H])c2-[n+]2[c-]n(-c3[c-]c(Oc4[c-]c5c(cc4)c4ccccc4n5-c4cc5c(cn4)-c4ccccc4[Si]5(C([2H])([2H])[2H])C([2H])([2H])[2H])ccc3)c3ccccc32)c([2H])c1[2H].[Pt]. The van der Waals surface area contributed by atoms with Gasteiger partial charge in [0.2, 0.25) is 0 Å². The summed E-state index contributed by atoms with van der Waals surface area (Å²) in [5.74, 6) is 0.795. The Morgan fingerprint density at radius 2 is 1.29 bits per heavy atom. The molecule has 0 saturated heterocycles. The van der Waals surface area contributed by atoms with E-state index in [-0.39, 0.29) is 65.7 Å². The molecule has 12 rings (SSSR count). The average molecular weight is 1020 g/mol. The number of nitrogens with zero attached hydrogens (tertiary/aromatic N) is 4. The second-order valence-corrected chi connectivity index (χ2v) is 17.4. The van der Waals surface area contributed by atoms with Crippen molar-refractivity contribution in [3.05, 3.63) is 212 Å². The molecule has 0 bridgehead atoms. The smallest absolute Gasteiger partial charge is 0.268 e. The first-order valence-electron chi connectivity index (χ1n) is 27.6. The van der Waals surface area contributed by atoms with Gasteiger partial charge >= 0.3 is 0 Å². The van der Waals surface area contributed by atoms with Crippen molar-refractivity contribution in [1.29, 1.82) is 0 Å². The van der Waals surface area contributed by atoms with E-state index in [1.807, 2.05) is 34.9 Å². The van der Waals surface area contributed by atoms with Crippen molar-refractivity contribution in [2.24, 2.45) is 0 Å². The molecule has 5 nitrogen and oxygen atoms in total. The quantitative estimate of drug-likeness (QED) is 0.0906. The Morgan fingerprint density at radius 3 is 2.06 bits per heavy atom. The van der Waals surface area contributed by atoms with Crippen LogP contribution >= 0.6 is 0 Å². The summed E-state index contributed by atoms with van der Waals surface area (Å²) in [5, 5.41) is 2.16. The van der Waals surface area contributed by atoms with E-state index in [9.17, 15) is 0 Å². The molecule has 0 N–H and O–H groups in total. The van der Waals surface area contributed by atoms with Crippen LogP contribution in [0.15, 0.2) is 194 Å². The van der Waals surface area contributed by atoms with Gasteiger partial charge in [-0.25, -0.2) is 4.98 Å². The van der Waals surface area contributed by atoms with Gasteiger partial charge in [-0.3, -0.25) is 4.57 Å². The fourth-order valence-corrected chi connectivity index (χ4v) is 10.8. The monoisotopic (exact) mass is 1020 g/mol. The van der Waals surface area contributed by atoms with E-state index in [4.69, 9.17) is 31.7 Å². The molecule has 8 aromatic carbocycles. The van der Waals surface area contributed by atoms with Crippen LogP contribution in [0.25, 0.3) is 83.4 Å². The van der Waals surface area contributed by atoms with Crippen LogP contribution in [0, 0.1) is 18.5 Å². The molecule has 11 aromatic rings. The Labute approximate surface area is 403 Å². The summed E-state index contributed by atoms with van der Waals surface area (Å²) in [6.45, 7) is -5.70. The number of aromatic nitrogens is 4. The molecule has 3 aromatic heterocycles. The van der Waals surface area contributed by atoms with Crippen LogP contribution in [0.2, 0.25) is 13.0 Å². The number of imidazole rings is 1. The van der Waals surface area contributed by atoms with Crippen LogP contribution in [0.3, 0.4) is 0 Å². The zero-order valence-electron chi connectivity index (χ0n) is 48.7. The number of fused-ring (bicyclic) bond motifs is 7. The molecular formula is C56H38N4OPtSi-2. The third-order valence-corrected chi connectivity index (χ3v) is 13.7. The van der Waals surface area contributed by atoms with Crippen LogP contribution in [-0.2, 0) is 21.1 Å². The molecule has 0 unspecified atom stereocenters. The Hall–Kier alpha value is -7.11. The number of ether oxygens (including phenoxy) is 1. The Balaban J connectivity index is 0.00000660. The molecule has 1 aliphatic heterocycles. The largest absolute Gasteiger partial charge is 0.510 e. The van der Waals surface area contributed by atoms with E-state index in [2.05, 4.69) is 18.5 Å². The molecule has 0 fully saturated rings. The van der Waals surface area contributed by atoms with Crippen molar-refractivity contribution in [2.75, 3.05) is 0 Å². The van der Waals surface area contributed by atoms with Gasteiger partial charge in [-0.2, -0.15) is 18.2 Å². The average Bonchev–Trinajstić information content (AvgIpc) is 4.31. The van der Waals surface area contributed by atoms with Crippen molar-refractivity contribution in [3.8, 4) is 62.1 Å². The minimum absolute atomic E-state index is 0. The number of para-hydroxylation sites is 4. The van der Waals surface area contributed by atoms with E-state index in [0.717, 1.165) is 10.8 Å². The van der Waals surface area contributed by atoms with E-state index >= 15 is 0 Å². The maximum absolute atomic E-state index is 9.02. The zero-order valence-corrected chi connectivity index (χ0v) is 36.0. The van der Waals surface area contributed by atoms with E-state index < -0.39 is 81.4 Å². The van der Waals surface area contributed by atoms with Crippen LogP contribution < -0.4 is 19.7 Å². The van der Waals surface area contributed by atoms with Gasteiger partial charge in [-0.05, 0) is 67.0 Å². The maximum Gasteiger partial charge on any atom is 0.268 e. The van der Waals surface area contributed by atoms with Crippen LogP contribution in [0.1, 0.15) is 21.9 Å². The number of rotatable bonds is 7. The predicted molar refractivity (Wildman–Crippen MR) is 253 cm³/mol. The van der Waals surface area contributed by atoms with Crippen molar-refractivity contribution < 1.29 is 52.3 Å². The second-order valence-electron chi connectivity index (χ2n) is 14.8. The molecule has 0 spiro atoms. The molecule has 0 atom stereocenters. The molecule has 4 heterocycles. The third-order valence-electron chi connectivity index (χ3n) is 11.3. The van der Waals surface area contributed by atoms with Gasteiger partial charge in [-0.1, -0.05) is 164 Å². The molecule has 0 amide bonds. The fourth-order valence-electron chi connectivity index (χ4n) is 8.56. The Kier molecular flexibility index (Phi) is 6.12. The predicted octanol–water partition coefficient (Wildman–Crippen LogP) is 11.7. The fraction of sp³-hybridized carbons (Fsp3) is 0.0357. The summed E-state index contributed by atoms with van der Waals surface area (Å²) >= 11 is 0. The van der Waals surface area contributed by atoms with E-state index in [1.54, 1.807) is 106 Å². The first kappa shape index (κ1) is 25.1. The summed E-state index contributed by atoms with van der Waals surface area (Å²) in [6, 6.07) is 37.6. The molecule has 7 heteroatoms. The summed E-state index contributed by atoms with van der Waals surface area (Å²) < 4.78 is 152. The first-order chi connectivity index (χ1) is 37.1. The van der Waals surface area contributed by atoms with Gasteiger partial charge in [0, 0.05) is 52.5 Å². The molecule has 0 aliphatic carbocycles. The molecule has 0 radical (unpaired) electrons. The first-order valence-corrected chi connectivity index (χ1v) is 21.6. The van der Waals surface area contributed by atoms with Gasteiger partial charge in [0.15, 0.2) is 0 Å². The van der Waals surface area contributed by atoms with E-state index in [1.165, 1.54) is 6.07 Å². The van der Waals surface area contributed by atoms with Crippen molar-refractivity contribution >= 4 is 51.3 Å². The van der Waals surface area contributed by atoms with Crippen LogP contribution in [0.5, 0.6) is 11.5 Å². The van der Waals surface area contributed by atoms with Crippen molar-refractivity contribution in [2.45, 2.75) is 13.0 Å². The van der Waals surface area contributed by atoms with Gasteiger partial charge in [0.05, 0.1) is 30.4 Å². The molecular weight excluding hydrogens is 968 g/mol. The zero-order chi connectivity index (χ0) is 55.1. The summed E-state index contributed by atoms with van der Waals surface area (Å²) in [5.41, 5.74) is 3.60. The number of pyridine rings is 1. The molecule has 63 heavy (non-hydrogen) atoms. The third kappa shape index (κ3) is 6.32. The summed E-state index contributed by atoms with van der Waals surface area (Å²) in [4.78, 5) is 4.87. The summed E-state index contributed by atoms with van der Waals surface area (Å²) in [7, 11) is -4.51. The second kappa shape index (κ2) is 15.4. The van der Waals surface area contributed by atoms with Crippen LogP contribution in [0.4, 0.5) is 0 Å². The maximum atomic E-state index is 9.02. The Morgan fingerprint density at radius 1 is 0.619 bits per heavy atom. The van der Waals surface area contributed by atoms with Crippen LogP contribution in [-0.4, -0.2) is 22.2 Å². The standard InChI is InChI=1S/C56H38N4OSi.Pt/c1-62(2)53-30-14-10-24-47(53)48-36-57-55(35-54(48)62)60-49-27-11-9-23-45(49)46-32-31-42(34-52(46)60)61-41-22-15-21-40(33-41)58-37-59(51-29-13-12-28-50(51)58)56-43(38-17-5-3-6-18-38)25-16-26-44(56)39-19-7-4-8-20-39;/h3-32,35-36H,1-2H3;/q-2;/i1D3,2D3,3D,4D,5D,6D,7D,8D,17D,18D,19D,20D;. The topological polar surface area (TPSA) is 35.9 Å². The minimum Gasteiger partial charge on any atom is -0.510 e. The van der Waals surface area contributed by atoms with Crippen molar-refractivity contribution in [3.63, 3.8) is 0 Å². The molecule has 1 aliphatic rings. The number of hydrogen-bond donors (Lipinski definition) is 0. The normalized spacial score (nSPS) is 16.6. The Bertz CT molecular complexity index is 4220. The van der Waals surface area contributed by atoms with E-state index in [0.29, 0.717) is 49.9 Å². The number of hydrogen-bond acceptors (Lipinski definition) is 2. The molecule has 0 saturated carbocycles. The summed E-state index contributed by atoms with van der Waals surface area (Å²) in [6.07, 6.45) is 4.92.